The summed E-state index contributed by atoms with van der Waals surface area (Å²) in [6.45, 7) is 3.75. The molecule has 2 heterocycles. The highest BCUT2D eigenvalue weighted by atomic mass is 35.5. The summed E-state index contributed by atoms with van der Waals surface area (Å²) >= 11 is 5.96. The number of aryl methyl sites for hydroxylation is 2. The monoisotopic (exact) mass is 289 g/mol. The van der Waals surface area contributed by atoms with Crippen molar-refractivity contribution in [3.05, 3.63) is 53.2 Å². The number of pyridine rings is 1. The number of hydrogen-bond donors (Lipinski definition) is 0. The van der Waals surface area contributed by atoms with E-state index in [4.69, 9.17) is 11.6 Å². The van der Waals surface area contributed by atoms with E-state index in [0.717, 1.165) is 11.3 Å². The molecule has 0 atom stereocenters. The fourth-order valence-corrected chi connectivity index (χ4v) is 2.51. The number of nitrogens with zero attached hydrogens (tertiary/aromatic N) is 3. The summed E-state index contributed by atoms with van der Waals surface area (Å²) < 4.78 is 15.9. The summed E-state index contributed by atoms with van der Waals surface area (Å²) in [5, 5.41) is 0. The lowest BCUT2D eigenvalue weighted by Crippen LogP contribution is -2.05. The summed E-state index contributed by atoms with van der Waals surface area (Å²) in [4.78, 5) is 8.91. The lowest BCUT2D eigenvalue weighted by molar-refractivity contribution is 0.615. The molecular formula is C15H13ClFN3. The van der Waals surface area contributed by atoms with E-state index in [1.165, 1.54) is 6.07 Å². The third-order valence-electron chi connectivity index (χ3n) is 3.24. The second-order valence-corrected chi connectivity index (χ2v) is 4.97. The van der Waals surface area contributed by atoms with Crippen LogP contribution in [0.3, 0.4) is 0 Å². The molecule has 0 unspecified atom stereocenters. The zero-order valence-electron chi connectivity index (χ0n) is 11.2. The molecule has 5 heteroatoms. The molecule has 3 aromatic rings. The molecule has 0 radical (unpaired) electrons. The maximum absolute atomic E-state index is 14.2. The topological polar surface area (TPSA) is 30.7 Å². The summed E-state index contributed by atoms with van der Waals surface area (Å²) in [5.74, 6) is 0.482. The zero-order valence-corrected chi connectivity index (χ0v) is 11.9. The Morgan fingerprint density at radius 2 is 1.95 bits per heavy atom. The number of hydrogen-bond acceptors (Lipinski definition) is 2. The van der Waals surface area contributed by atoms with E-state index >= 15 is 0 Å². The third-order valence-corrected chi connectivity index (χ3v) is 3.48. The molecule has 0 saturated heterocycles. The molecule has 102 valence electrons. The SMILES string of the molecule is Cc1ccc2nc(CCl)n(-c3c(C)cccc3F)c2n1. The molecule has 0 aliphatic rings. The second-order valence-electron chi connectivity index (χ2n) is 4.70. The maximum Gasteiger partial charge on any atom is 0.165 e. The number of rotatable bonds is 2. The molecule has 3 rings (SSSR count). The highest BCUT2D eigenvalue weighted by Crippen LogP contribution is 2.26. The normalized spacial score (nSPS) is 11.2. The van der Waals surface area contributed by atoms with Crippen molar-refractivity contribution in [2.24, 2.45) is 0 Å². The molecule has 0 amide bonds. The van der Waals surface area contributed by atoms with Gasteiger partial charge in [0.1, 0.15) is 17.2 Å². The van der Waals surface area contributed by atoms with Gasteiger partial charge < -0.3 is 0 Å². The Morgan fingerprint density at radius 1 is 1.15 bits per heavy atom. The van der Waals surface area contributed by atoms with Gasteiger partial charge >= 0.3 is 0 Å². The lowest BCUT2D eigenvalue weighted by Gasteiger charge is -2.11. The van der Waals surface area contributed by atoms with Crippen LogP contribution in [0.4, 0.5) is 4.39 Å². The molecule has 1 aromatic carbocycles. The number of para-hydroxylation sites is 1. The first-order valence-electron chi connectivity index (χ1n) is 6.28. The van der Waals surface area contributed by atoms with Crippen molar-refractivity contribution in [2.75, 3.05) is 0 Å². The molecule has 0 N–H and O–H groups in total. The van der Waals surface area contributed by atoms with Crippen LogP contribution in [-0.2, 0) is 5.88 Å². The Morgan fingerprint density at radius 3 is 2.65 bits per heavy atom. The molecule has 0 spiro atoms. The van der Waals surface area contributed by atoms with Gasteiger partial charge in [-0.3, -0.25) is 4.57 Å². The van der Waals surface area contributed by atoms with Crippen molar-refractivity contribution in [3.63, 3.8) is 0 Å². The van der Waals surface area contributed by atoms with Gasteiger partial charge in [0.25, 0.3) is 0 Å². The summed E-state index contributed by atoms with van der Waals surface area (Å²) in [7, 11) is 0. The highest BCUT2D eigenvalue weighted by Gasteiger charge is 2.17. The smallest absolute Gasteiger partial charge is 0.165 e. The molecule has 0 saturated carbocycles. The first-order chi connectivity index (χ1) is 9.61. The van der Waals surface area contributed by atoms with Crippen LogP contribution in [0.5, 0.6) is 0 Å². The van der Waals surface area contributed by atoms with Crippen LogP contribution in [0.2, 0.25) is 0 Å². The standard InChI is InChI=1S/C15H13ClFN3/c1-9-4-3-5-11(17)14(9)20-13(8-16)19-12-7-6-10(2)18-15(12)20/h3-7H,8H2,1-2H3. The van der Waals surface area contributed by atoms with Gasteiger partial charge in [-0.05, 0) is 37.6 Å². The maximum atomic E-state index is 14.2. The Kier molecular flexibility index (Phi) is 3.18. The summed E-state index contributed by atoms with van der Waals surface area (Å²) in [6, 6.07) is 8.73. The molecule has 0 aliphatic carbocycles. The van der Waals surface area contributed by atoms with E-state index in [0.29, 0.717) is 22.7 Å². The minimum Gasteiger partial charge on any atom is -0.276 e. The van der Waals surface area contributed by atoms with Crippen molar-refractivity contribution < 1.29 is 4.39 Å². The van der Waals surface area contributed by atoms with Gasteiger partial charge in [0.15, 0.2) is 5.65 Å². The van der Waals surface area contributed by atoms with Crippen LogP contribution in [0.15, 0.2) is 30.3 Å². The predicted molar refractivity (Wildman–Crippen MR) is 77.9 cm³/mol. The van der Waals surface area contributed by atoms with Gasteiger partial charge in [0.05, 0.1) is 11.6 Å². The van der Waals surface area contributed by atoms with Crippen LogP contribution in [0.1, 0.15) is 17.1 Å². The highest BCUT2D eigenvalue weighted by molar-refractivity contribution is 6.16. The first kappa shape index (κ1) is 13.1. The van der Waals surface area contributed by atoms with E-state index in [9.17, 15) is 4.39 Å². The molecule has 0 bridgehead atoms. The summed E-state index contributed by atoms with van der Waals surface area (Å²) in [5.41, 5.74) is 3.49. The van der Waals surface area contributed by atoms with Crippen molar-refractivity contribution in [1.82, 2.24) is 14.5 Å². The molecule has 2 aromatic heterocycles. The Hall–Kier alpha value is -1.94. The van der Waals surface area contributed by atoms with E-state index in [2.05, 4.69) is 9.97 Å². The van der Waals surface area contributed by atoms with Crippen LogP contribution in [0.25, 0.3) is 16.9 Å². The van der Waals surface area contributed by atoms with Gasteiger partial charge in [0, 0.05) is 5.69 Å². The average Bonchev–Trinajstić information content (AvgIpc) is 2.77. The van der Waals surface area contributed by atoms with Crippen LogP contribution in [0, 0.1) is 19.7 Å². The lowest BCUT2D eigenvalue weighted by atomic mass is 10.2. The fraction of sp³-hybridized carbons (Fsp3) is 0.200. The Labute approximate surface area is 121 Å². The fourth-order valence-electron chi connectivity index (χ4n) is 2.33. The Balaban J connectivity index is 2.42. The third kappa shape index (κ3) is 1.96. The van der Waals surface area contributed by atoms with Crippen LogP contribution in [-0.4, -0.2) is 14.5 Å². The molecule has 0 aliphatic heterocycles. The predicted octanol–water partition coefficient (Wildman–Crippen LogP) is 3.92. The van der Waals surface area contributed by atoms with Gasteiger partial charge in [-0.15, -0.1) is 11.6 Å². The van der Waals surface area contributed by atoms with Crippen molar-refractivity contribution >= 4 is 22.8 Å². The number of halogens is 2. The molecular weight excluding hydrogens is 277 g/mol. The van der Waals surface area contributed by atoms with Gasteiger partial charge in [-0.25, -0.2) is 14.4 Å². The quantitative estimate of drug-likeness (QED) is 0.670. The Bertz CT molecular complexity index is 775. The van der Waals surface area contributed by atoms with E-state index < -0.39 is 0 Å². The van der Waals surface area contributed by atoms with Gasteiger partial charge in [-0.1, -0.05) is 12.1 Å². The van der Waals surface area contributed by atoms with Crippen molar-refractivity contribution in [3.8, 4) is 5.69 Å². The van der Waals surface area contributed by atoms with E-state index in [-0.39, 0.29) is 11.7 Å². The second kappa shape index (κ2) is 4.87. The van der Waals surface area contributed by atoms with Crippen molar-refractivity contribution in [2.45, 2.75) is 19.7 Å². The first-order valence-corrected chi connectivity index (χ1v) is 6.81. The number of fused-ring (bicyclic) bond motifs is 1. The molecule has 20 heavy (non-hydrogen) atoms. The number of aromatic nitrogens is 3. The zero-order chi connectivity index (χ0) is 14.3. The summed E-state index contributed by atoms with van der Waals surface area (Å²) in [6.07, 6.45) is 0. The van der Waals surface area contributed by atoms with Crippen molar-refractivity contribution in [1.29, 1.82) is 0 Å². The molecule has 0 fully saturated rings. The van der Waals surface area contributed by atoms with Crippen LogP contribution < -0.4 is 0 Å². The minimum atomic E-state index is -0.307. The van der Waals surface area contributed by atoms with E-state index in [1.54, 1.807) is 10.6 Å². The van der Waals surface area contributed by atoms with Crippen LogP contribution >= 0.6 is 11.6 Å². The average molecular weight is 290 g/mol. The van der Waals surface area contributed by atoms with Gasteiger partial charge in [0.2, 0.25) is 0 Å². The largest absolute Gasteiger partial charge is 0.276 e. The number of alkyl halides is 1. The minimum absolute atomic E-state index is 0.198. The molecule has 3 nitrogen and oxygen atoms in total. The number of imidazole rings is 1. The van der Waals surface area contributed by atoms with Gasteiger partial charge in [-0.2, -0.15) is 0 Å². The number of benzene rings is 1. The van der Waals surface area contributed by atoms with E-state index in [1.807, 2.05) is 32.0 Å².